The molecule has 1 aromatic carbocycles. The Balaban J connectivity index is 1.76. The van der Waals surface area contributed by atoms with E-state index in [4.69, 9.17) is 5.73 Å². The van der Waals surface area contributed by atoms with Crippen LogP contribution in [-0.2, 0) is 6.54 Å². The molecule has 1 saturated heterocycles. The third-order valence-electron chi connectivity index (χ3n) is 4.30. The van der Waals surface area contributed by atoms with E-state index in [9.17, 15) is 0 Å². The maximum Gasteiger partial charge on any atom is 0.128 e. The molecular weight excluding hydrogens is 246 g/mol. The molecule has 1 aromatic heterocycles. The van der Waals surface area contributed by atoms with Gasteiger partial charge in [-0.1, -0.05) is 31.5 Å². The predicted octanol–water partition coefficient (Wildman–Crippen LogP) is 3.44. The van der Waals surface area contributed by atoms with Gasteiger partial charge in [-0.3, -0.25) is 4.90 Å². The van der Waals surface area contributed by atoms with E-state index in [-0.39, 0.29) is 0 Å². The Kier molecular flexibility index (Phi) is 3.88. The average molecular weight is 269 g/mol. The highest BCUT2D eigenvalue weighted by Gasteiger charge is 2.22. The number of aromatic nitrogens is 1. The number of nitrogen functional groups attached to an aromatic ring is 1. The van der Waals surface area contributed by atoms with Crippen LogP contribution < -0.4 is 5.73 Å². The van der Waals surface area contributed by atoms with E-state index < -0.39 is 0 Å². The van der Waals surface area contributed by atoms with Gasteiger partial charge >= 0.3 is 0 Å². The van der Waals surface area contributed by atoms with Crippen molar-refractivity contribution in [3.8, 4) is 0 Å². The van der Waals surface area contributed by atoms with Crippen molar-refractivity contribution in [3.05, 3.63) is 35.9 Å². The van der Waals surface area contributed by atoms with Gasteiger partial charge in [0, 0.05) is 24.0 Å². The Bertz CT molecular complexity index is 594. The second-order valence-electron chi connectivity index (χ2n) is 5.90. The van der Waals surface area contributed by atoms with Crippen molar-refractivity contribution in [1.29, 1.82) is 0 Å². The molecule has 0 aliphatic carbocycles. The van der Waals surface area contributed by atoms with E-state index >= 15 is 0 Å². The quantitative estimate of drug-likeness (QED) is 0.924. The van der Waals surface area contributed by atoms with Crippen LogP contribution >= 0.6 is 0 Å². The molecule has 0 spiro atoms. The minimum atomic E-state index is 0.683. The number of pyridine rings is 1. The Morgan fingerprint density at radius 3 is 3.05 bits per heavy atom. The molecular formula is C17H23N3. The van der Waals surface area contributed by atoms with Crippen LogP contribution in [0.1, 0.15) is 31.7 Å². The van der Waals surface area contributed by atoms with Crippen molar-refractivity contribution < 1.29 is 0 Å². The number of anilines is 1. The van der Waals surface area contributed by atoms with E-state index in [1.165, 1.54) is 43.3 Å². The van der Waals surface area contributed by atoms with Gasteiger partial charge in [-0.15, -0.1) is 0 Å². The summed E-state index contributed by atoms with van der Waals surface area (Å²) in [4.78, 5) is 7.04. The van der Waals surface area contributed by atoms with Crippen molar-refractivity contribution in [2.75, 3.05) is 18.8 Å². The van der Waals surface area contributed by atoms with Crippen molar-refractivity contribution in [2.45, 2.75) is 32.7 Å². The molecule has 1 atom stereocenters. The first-order valence-electron chi connectivity index (χ1n) is 7.62. The smallest absolute Gasteiger partial charge is 0.128 e. The molecule has 0 radical (unpaired) electrons. The molecule has 0 saturated carbocycles. The van der Waals surface area contributed by atoms with Gasteiger partial charge in [0.2, 0.25) is 0 Å². The van der Waals surface area contributed by atoms with Crippen molar-refractivity contribution in [1.82, 2.24) is 9.88 Å². The molecule has 0 bridgehead atoms. The number of fused-ring (bicyclic) bond motifs is 1. The van der Waals surface area contributed by atoms with Crippen LogP contribution in [0.15, 0.2) is 30.3 Å². The Morgan fingerprint density at radius 1 is 1.35 bits per heavy atom. The minimum Gasteiger partial charge on any atom is -0.383 e. The third-order valence-corrected chi connectivity index (χ3v) is 4.30. The molecule has 2 N–H and O–H groups in total. The molecule has 106 valence electrons. The maximum atomic E-state index is 6.12. The second kappa shape index (κ2) is 5.80. The highest BCUT2D eigenvalue weighted by molar-refractivity contribution is 5.81. The molecule has 3 rings (SSSR count). The number of nitrogens with zero attached hydrogens (tertiary/aromatic N) is 2. The number of nitrogens with two attached hydrogens (primary N) is 1. The highest BCUT2D eigenvalue weighted by Crippen LogP contribution is 2.25. The summed E-state index contributed by atoms with van der Waals surface area (Å²) in [7, 11) is 0. The largest absolute Gasteiger partial charge is 0.383 e. The van der Waals surface area contributed by atoms with Crippen LogP contribution in [0.5, 0.6) is 0 Å². The summed E-state index contributed by atoms with van der Waals surface area (Å²) >= 11 is 0. The van der Waals surface area contributed by atoms with Gasteiger partial charge in [0.05, 0.1) is 5.52 Å². The Labute approximate surface area is 120 Å². The lowest BCUT2D eigenvalue weighted by molar-refractivity contribution is 0.313. The van der Waals surface area contributed by atoms with Gasteiger partial charge in [-0.2, -0.15) is 0 Å². The molecule has 2 aromatic rings. The number of hydrogen-bond acceptors (Lipinski definition) is 3. The molecule has 3 heteroatoms. The molecule has 0 amide bonds. The van der Waals surface area contributed by atoms with Gasteiger partial charge in [-0.05, 0) is 37.4 Å². The Morgan fingerprint density at radius 2 is 2.20 bits per heavy atom. The van der Waals surface area contributed by atoms with Crippen LogP contribution in [0.25, 0.3) is 10.9 Å². The zero-order valence-corrected chi connectivity index (χ0v) is 12.2. The monoisotopic (exact) mass is 269 g/mol. The minimum absolute atomic E-state index is 0.683. The van der Waals surface area contributed by atoms with Crippen LogP contribution in [0, 0.1) is 5.92 Å². The Hall–Kier alpha value is -1.61. The maximum absolute atomic E-state index is 6.12. The van der Waals surface area contributed by atoms with E-state index in [1.54, 1.807) is 0 Å². The lowest BCUT2D eigenvalue weighted by atomic mass is 10.0. The molecule has 2 heterocycles. The second-order valence-corrected chi connectivity index (χ2v) is 5.90. The fourth-order valence-corrected chi connectivity index (χ4v) is 3.24. The summed E-state index contributed by atoms with van der Waals surface area (Å²) in [6.45, 7) is 5.61. The van der Waals surface area contributed by atoms with Crippen molar-refractivity contribution in [3.63, 3.8) is 0 Å². The van der Waals surface area contributed by atoms with Gasteiger partial charge in [0.25, 0.3) is 0 Å². The zero-order chi connectivity index (χ0) is 13.9. The molecule has 20 heavy (non-hydrogen) atoms. The first kappa shape index (κ1) is 13.4. The van der Waals surface area contributed by atoms with Crippen LogP contribution in [0.2, 0.25) is 0 Å². The fraction of sp³-hybridized carbons (Fsp3) is 0.471. The number of hydrogen-bond donors (Lipinski definition) is 1. The lowest BCUT2D eigenvalue weighted by Gasteiger charge is -2.17. The predicted molar refractivity (Wildman–Crippen MR) is 84.4 cm³/mol. The fourth-order valence-electron chi connectivity index (χ4n) is 3.24. The molecule has 1 aliphatic heterocycles. The highest BCUT2D eigenvalue weighted by atomic mass is 15.1. The average Bonchev–Trinajstić information content (AvgIpc) is 2.87. The SMILES string of the molecule is CCCC1CCN(Cc2cc3ccccc3nc2N)C1. The van der Waals surface area contributed by atoms with Gasteiger partial charge < -0.3 is 5.73 Å². The van der Waals surface area contributed by atoms with Crippen LogP contribution in [-0.4, -0.2) is 23.0 Å². The van der Waals surface area contributed by atoms with E-state index in [2.05, 4.69) is 35.0 Å². The third kappa shape index (κ3) is 2.78. The van der Waals surface area contributed by atoms with E-state index in [0.717, 1.165) is 18.0 Å². The zero-order valence-electron chi connectivity index (χ0n) is 12.2. The molecule has 1 unspecified atom stereocenters. The first-order valence-corrected chi connectivity index (χ1v) is 7.62. The summed E-state index contributed by atoms with van der Waals surface area (Å²) in [5.41, 5.74) is 8.27. The molecule has 1 fully saturated rings. The molecule has 3 nitrogen and oxygen atoms in total. The summed E-state index contributed by atoms with van der Waals surface area (Å²) in [5.74, 6) is 1.55. The number of likely N-dealkylation sites (tertiary alicyclic amines) is 1. The standard InChI is InChI=1S/C17H23N3/c1-2-5-13-8-9-20(11-13)12-15-10-14-6-3-4-7-16(14)19-17(15)18/h3-4,6-7,10,13H,2,5,8-9,11-12H2,1H3,(H2,18,19). The van der Waals surface area contributed by atoms with Gasteiger partial charge in [0.1, 0.15) is 5.82 Å². The van der Waals surface area contributed by atoms with Crippen molar-refractivity contribution >= 4 is 16.7 Å². The summed E-state index contributed by atoms with van der Waals surface area (Å²) in [6.07, 6.45) is 3.97. The number of benzene rings is 1. The number of rotatable bonds is 4. The normalized spacial score (nSPS) is 19.8. The van der Waals surface area contributed by atoms with E-state index in [1.807, 2.05) is 12.1 Å². The van der Waals surface area contributed by atoms with Crippen molar-refractivity contribution in [2.24, 2.45) is 5.92 Å². The van der Waals surface area contributed by atoms with Gasteiger partial charge in [-0.25, -0.2) is 4.98 Å². The number of para-hydroxylation sites is 1. The van der Waals surface area contributed by atoms with E-state index in [0.29, 0.717) is 5.82 Å². The summed E-state index contributed by atoms with van der Waals surface area (Å²) in [5, 5.41) is 1.18. The lowest BCUT2D eigenvalue weighted by Crippen LogP contribution is -2.21. The van der Waals surface area contributed by atoms with Gasteiger partial charge in [0.15, 0.2) is 0 Å². The van der Waals surface area contributed by atoms with Crippen LogP contribution in [0.3, 0.4) is 0 Å². The first-order chi connectivity index (χ1) is 9.76. The summed E-state index contributed by atoms with van der Waals surface area (Å²) < 4.78 is 0. The molecule has 1 aliphatic rings. The summed E-state index contributed by atoms with van der Waals surface area (Å²) in [6, 6.07) is 10.4. The van der Waals surface area contributed by atoms with Crippen LogP contribution in [0.4, 0.5) is 5.82 Å². The topological polar surface area (TPSA) is 42.2 Å².